The van der Waals surface area contributed by atoms with Crippen molar-refractivity contribution in [3.8, 4) is 22.9 Å². The Labute approximate surface area is 170 Å². The summed E-state index contributed by atoms with van der Waals surface area (Å²) in [4.78, 5) is 6.96. The van der Waals surface area contributed by atoms with Gasteiger partial charge in [0.05, 0.1) is 29.1 Å². The fourth-order valence-electron chi connectivity index (χ4n) is 3.61. The Morgan fingerprint density at radius 3 is 2.79 bits per heavy atom. The lowest BCUT2D eigenvalue weighted by molar-refractivity contribution is 0.0283. The van der Waals surface area contributed by atoms with E-state index in [0.717, 1.165) is 30.0 Å². The third-order valence-corrected chi connectivity index (χ3v) is 5.11. The van der Waals surface area contributed by atoms with Crippen LogP contribution in [-0.4, -0.2) is 45.0 Å². The highest BCUT2D eigenvalue weighted by molar-refractivity contribution is 5.85. The lowest BCUT2D eigenvalue weighted by atomic mass is 10.1. The van der Waals surface area contributed by atoms with Crippen LogP contribution >= 0.6 is 0 Å². The molecular weight excluding hydrogens is 366 g/mol. The molecule has 29 heavy (non-hydrogen) atoms. The van der Waals surface area contributed by atoms with Crippen LogP contribution in [0.15, 0.2) is 36.8 Å². The Bertz CT molecular complexity index is 1060. The van der Waals surface area contributed by atoms with Crippen molar-refractivity contribution >= 4 is 11.3 Å². The molecule has 1 aliphatic heterocycles. The standard InChI is InChI=1S/C22H25N5O2/c1-15-6-7-26(12-15)20-5-4-16(10-24-20)19-8-18(29-14-22(2,3)28)13-27-21(19)17(9-23)11-25-27/h4-5,8,10-11,13,15,28H,6-7,12,14H2,1-3H3. The molecule has 0 spiro atoms. The van der Waals surface area contributed by atoms with Crippen LogP contribution in [0.25, 0.3) is 16.6 Å². The van der Waals surface area contributed by atoms with E-state index in [1.807, 2.05) is 24.4 Å². The molecule has 7 heteroatoms. The first-order valence-electron chi connectivity index (χ1n) is 9.82. The van der Waals surface area contributed by atoms with Crippen molar-refractivity contribution in [2.75, 3.05) is 24.6 Å². The van der Waals surface area contributed by atoms with E-state index in [9.17, 15) is 10.4 Å². The van der Waals surface area contributed by atoms with Crippen LogP contribution < -0.4 is 9.64 Å². The van der Waals surface area contributed by atoms with Gasteiger partial charge in [-0.25, -0.2) is 9.50 Å². The van der Waals surface area contributed by atoms with Gasteiger partial charge in [-0.15, -0.1) is 0 Å². The molecule has 1 N–H and O–H groups in total. The first-order valence-corrected chi connectivity index (χ1v) is 9.82. The monoisotopic (exact) mass is 391 g/mol. The number of nitrogens with zero attached hydrogens (tertiary/aromatic N) is 5. The molecule has 150 valence electrons. The molecule has 3 aromatic rings. The average molecular weight is 391 g/mol. The molecule has 7 nitrogen and oxygen atoms in total. The minimum absolute atomic E-state index is 0.147. The molecular formula is C22H25N5O2. The molecule has 1 unspecified atom stereocenters. The Hall–Kier alpha value is -3.11. The summed E-state index contributed by atoms with van der Waals surface area (Å²) >= 11 is 0. The number of hydrogen-bond donors (Lipinski definition) is 1. The summed E-state index contributed by atoms with van der Waals surface area (Å²) in [5.41, 5.74) is 1.96. The fourth-order valence-corrected chi connectivity index (χ4v) is 3.61. The highest BCUT2D eigenvalue weighted by Gasteiger charge is 2.21. The van der Waals surface area contributed by atoms with Crippen molar-refractivity contribution in [1.82, 2.24) is 14.6 Å². The Morgan fingerprint density at radius 2 is 2.17 bits per heavy atom. The van der Waals surface area contributed by atoms with Gasteiger partial charge < -0.3 is 14.7 Å². The van der Waals surface area contributed by atoms with Gasteiger partial charge in [0.15, 0.2) is 0 Å². The number of ether oxygens (including phenoxy) is 1. The quantitative estimate of drug-likeness (QED) is 0.718. The van der Waals surface area contributed by atoms with Gasteiger partial charge in [0.2, 0.25) is 0 Å². The molecule has 3 aromatic heterocycles. The second-order valence-corrected chi connectivity index (χ2v) is 8.40. The minimum atomic E-state index is -0.951. The molecule has 0 aromatic carbocycles. The van der Waals surface area contributed by atoms with Gasteiger partial charge in [-0.05, 0) is 44.4 Å². The van der Waals surface area contributed by atoms with Crippen molar-refractivity contribution in [3.63, 3.8) is 0 Å². The summed E-state index contributed by atoms with van der Waals surface area (Å²) in [7, 11) is 0. The van der Waals surface area contributed by atoms with Crippen LogP contribution in [0.4, 0.5) is 5.82 Å². The van der Waals surface area contributed by atoms with Gasteiger partial charge in [0.25, 0.3) is 0 Å². The Kier molecular flexibility index (Phi) is 4.89. The zero-order valence-electron chi connectivity index (χ0n) is 17.0. The van der Waals surface area contributed by atoms with Crippen LogP contribution in [0.3, 0.4) is 0 Å². The first kappa shape index (κ1) is 19.2. The number of anilines is 1. The zero-order valence-corrected chi connectivity index (χ0v) is 17.0. The molecule has 1 atom stereocenters. The van der Waals surface area contributed by atoms with E-state index >= 15 is 0 Å². The lowest BCUT2D eigenvalue weighted by Crippen LogP contribution is -2.27. The predicted octanol–water partition coefficient (Wildman–Crippen LogP) is 3.26. The Morgan fingerprint density at radius 1 is 1.34 bits per heavy atom. The maximum Gasteiger partial charge on any atom is 0.138 e. The van der Waals surface area contributed by atoms with Gasteiger partial charge in [-0.2, -0.15) is 10.4 Å². The molecule has 0 saturated carbocycles. The summed E-state index contributed by atoms with van der Waals surface area (Å²) in [6, 6.07) is 8.12. The van der Waals surface area contributed by atoms with Gasteiger partial charge in [0.1, 0.15) is 24.2 Å². The van der Waals surface area contributed by atoms with Crippen LogP contribution in [0.1, 0.15) is 32.8 Å². The van der Waals surface area contributed by atoms with Gasteiger partial charge in [-0.1, -0.05) is 6.92 Å². The van der Waals surface area contributed by atoms with E-state index in [0.29, 0.717) is 22.7 Å². The molecule has 1 aliphatic rings. The van der Waals surface area contributed by atoms with E-state index in [2.05, 4.69) is 28.0 Å². The molecule has 0 bridgehead atoms. The van der Waals surface area contributed by atoms with E-state index in [1.165, 1.54) is 6.42 Å². The number of pyridine rings is 2. The zero-order chi connectivity index (χ0) is 20.6. The number of aliphatic hydroxyl groups is 1. The van der Waals surface area contributed by atoms with Crippen LogP contribution in [0.2, 0.25) is 0 Å². The largest absolute Gasteiger partial charge is 0.489 e. The third-order valence-electron chi connectivity index (χ3n) is 5.11. The van der Waals surface area contributed by atoms with Gasteiger partial charge in [0, 0.05) is 30.4 Å². The maximum atomic E-state index is 9.97. The summed E-state index contributed by atoms with van der Waals surface area (Å²) in [6.07, 6.45) is 6.29. The summed E-state index contributed by atoms with van der Waals surface area (Å²) in [5.74, 6) is 2.22. The molecule has 1 fully saturated rings. The molecule has 0 radical (unpaired) electrons. The number of nitriles is 1. The van der Waals surface area contributed by atoms with Crippen molar-refractivity contribution in [3.05, 3.63) is 42.4 Å². The van der Waals surface area contributed by atoms with Gasteiger partial charge in [-0.3, -0.25) is 0 Å². The smallest absolute Gasteiger partial charge is 0.138 e. The maximum absolute atomic E-state index is 9.97. The van der Waals surface area contributed by atoms with Crippen LogP contribution in [0, 0.1) is 17.2 Å². The lowest BCUT2D eigenvalue weighted by Gasteiger charge is -2.19. The second-order valence-electron chi connectivity index (χ2n) is 8.40. The average Bonchev–Trinajstić information content (AvgIpc) is 3.31. The highest BCUT2D eigenvalue weighted by Crippen LogP contribution is 2.32. The number of hydrogen-bond acceptors (Lipinski definition) is 6. The molecule has 0 amide bonds. The van der Waals surface area contributed by atoms with Crippen molar-refractivity contribution in [2.24, 2.45) is 5.92 Å². The molecule has 0 aliphatic carbocycles. The first-order chi connectivity index (χ1) is 13.8. The molecule has 1 saturated heterocycles. The van der Waals surface area contributed by atoms with E-state index in [4.69, 9.17) is 4.74 Å². The minimum Gasteiger partial charge on any atom is -0.489 e. The molecule has 4 rings (SSSR count). The van der Waals surface area contributed by atoms with Crippen molar-refractivity contribution in [1.29, 1.82) is 5.26 Å². The van der Waals surface area contributed by atoms with Crippen LogP contribution in [0.5, 0.6) is 5.75 Å². The van der Waals surface area contributed by atoms with Gasteiger partial charge >= 0.3 is 0 Å². The normalized spacial score (nSPS) is 16.9. The SMILES string of the molecule is CC1CCN(c2ccc(-c3cc(OCC(C)(C)O)cn4ncc(C#N)c34)cn2)C1. The number of aromatic nitrogens is 3. The van der Waals surface area contributed by atoms with E-state index in [1.54, 1.807) is 30.8 Å². The van der Waals surface area contributed by atoms with Crippen molar-refractivity contribution in [2.45, 2.75) is 32.8 Å². The predicted molar refractivity (Wildman–Crippen MR) is 111 cm³/mol. The van der Waals surface area contributed by atoms with E-state index < -0.39 is 5.60 Å². The number of fused-ring (bicyclic) bond motifs is 1. The van der Waals surface area contributed by atoms with Crippen LogP contribution in [-0.2, 0) is 0 Å². The van der Waals surface area contributed by atoms with E-state index in [-0.39, 0.29) is 6.61 Å². The fraction of sp³-hybridized carbons (Fsp3) is 0.409. The Balaban J connectivity index is 1.73. The topological polar surface area (TPSA) is 86.7 Å². The summed E-state index contributed by atoms with van der Waals surface area (Å²) in [6.45, 7) is 7.84. The summed E-state index contributed by atoms with van der Waals surface area (Å²) in [5, 5.41) is 23.8. The highest BCUT2D eigenvalue weighted by atomic mass is 16.5. The van der Waals surface area contributed by atoms with Crippen molar-refractivity contribution < 1.29 is 9.84 Å². The number of rotatable bonds is 5. The molecule has 4 heterocycles. The second kappa shape index (κ2) is 7.37. The third kappa shape index (κ3) is 4.03. The summed E-state index contributed by atoms with van der Waals surface area (Å²) < 4.78 is 7.42.